The maximum atomic E-state index is 12.7. The Labute approximate surface area is 133 Å². The normalized spacial score (nSPS) is 20.6. The number of nitrogens with zero attached hydrogens (tertiary/aromatic N) is 2. The van der Waals surface area contributed by atoms with Gasteiger partial charge in [0.05, 0.1) is 6.10 Å². The first kappa shape index (κ1) is 16.7. The molecule has 8 heteroatoms. The number of anilines is 1. The fourth-order valence-electron chi connectivity index (χ4n) is 2.32. The summed E-state index contributed by atoms with van der Waals surface area (Å²) < 4.78 is 33.1. The lowest BCUT2D eigenvalue weighted by atomic mass is 10.1. The lowest BCUT2D eigenvalue weighted by Gasteiger charge is -2.32. The summed E-state index contributed by atoms with van der Waals surface area (Å²) in [5.41, 5.74) is 5.73. The number of sulfonamides is 1. The fourth-order valence-corrected chi connectivity index (χ4v) is 4.41. The summed E-state index contributed by atoms with van der Waals surface area (Å²) in [5, 5.41) is 0. The van der Waals surface area contributed by atoms with Crippen molar-refractivity contribution >= 4 is 31.8 Å². The molecule has 1 atom stereocenters. The Balaban J connectivity index is 2.20. The van der Waals surface area contributed by atoms with Crippen LogP contribution in [0.1, 0.15) is 26.2 Å². The van der Waals surface area contributed by atoms with Crippen LogP contribution >= 0.6 is 15.9 Å². The van der Waals surface area contributed by atoms with Gasteiger partial charge < -0.3 is 10.5 Å². The lowest BCUT2D eigenvalue weighted by molar-refractivity contribution is 0.0193. The van der Waals surface area contributed by atoms with Gasteiger partial charge in [-0.15, -0.1) is 0 Å². The summed E-state index contributed by atoms with van der Waals surface area (Å²) in [6, 6.07) is 1.49. The number of nitrogens with two attached hydrogens (primary N) is 1. The fraction of sp³-hybridized carbons (Fsp3) is 0.615. The molecule has 1 fully saturated rings. The molecule has 2 heterocycles. The standard InChI is InChI=1S/C13H20BrN3O3S/c1-2-6-20-11-4-3-5-17(9-11)21(18,19)12-7-10(14)8-16-13(12)15/h7-8,11H,2-6,9H2,1H3,(H2,15,16). The number of hydrogen-bond donors (Lipinski definition) is 1. The average molecular weight is 378 g/mol. The van der Waals surface area contributed by atoms with Gasteiger partial charge in [-0.3, -0.25) is 0 Å². The molecule has 1 aromatic heterocycles. The summed E-state index contributed by atoms with van der Waals surface area (Å²) in [4.78, 5) is 3.95. The van der Waals surface area contributed by atoms with Crippen LogP contribution in [0.15, 0.2) is 21.6 Å². The number of pyridine rings is 1. The molecule has 1 unspecified atom stereocenters. The van der Waals surface area contributed by atoms with Gasteiger partial charge in [0.1, 0.15) is 10.7 Å². The quantitative estimate of drug-likeness (QED) is 0.847. The lowest BCUT2D eigenvalue weighted by Crippen LogP contribution is -2.43. The van der Waals surface area contributed by atoms with Crippen LogP contribution in [0.25, 0.3) is 0 Å². The van der Waals surface area contributed by atoms with Crippen LogP contribution in [0.4, 0.5) is 5.82 Å². The van der Waals surface area contributed by atoms with E-state index >= 15 is 0 Å². The average Bonchev–Trinajstić information content (AvgIpc) is 2.48. The maximum absolute atomic E-state index is 12.7. The van der Waals surface area contributed by atoms with Crippen molar-refractivity contribution in [3.05, 3.63) is 16.7 Å². The summed E-state index contributed by atoms with van der Waals surface area (Å²) >= 11 is 3.23. The number of ether oxygens (including phenoxy) is 1. The molecule has 0 amide bonds. The van der Waals surface area contributed by atoms with E-state index in [1.807, 2.05) is 6.92 Å². The molecular weight excluding hydrogens is 358 g/mol. The van der Waals surface area contributed by atoms with E-state index in [2.05, 4.69) is 20.9 Å². The zero-order chi connectivity index (χ0) is 15.5. The molecule has 0 aromatic carbocycles. The first-order valence-corrected chi connectivity index (χ1v) is 9.21. The Morgan fingerprint density at radius 1 is 1.57 bits per heavy atom. The highest BCUT2D eigenvalue weighted by molar-refractivity contribution is 9.10. The third kappa shape index (κ3) is 3.94. The van der Waals surface area contributed by atoms with E-state index in [-0.39, 0.29) is 16.8 Å². The Hall–Kier alpha value is -0.700. The van der Waals surface area contributed by atoms with Crippen molar-refractivity contribution < 1.29 is 13.2 Å². The summed E-state index contributed by atoms with van der Waals surface area (Å²) in [5.74, 6) is 0.0230. The van der Waals surface area contributed by atoms with Crippen molar-refractivity contribution in [2.45, 2.75) is 37.2 Å². The van der Waals surface area contributed by atoms with Gasteiger partial charge >= 0.3 is 0 Å². The van der Waals surface area contributed by atoms with Crippen LogP contribution in [0.5, 0.6) is 0 Å². The molecule has 1 aromatic rings. The van der Waals surface area contributed by atoms with Gasteiger partial charge in [0.2, 0.25) is 10.0 Å². The molecule has 0 saturated carbocycles. The second-order valence-corrected chi connectivity index (χ2v) is 7.86. The third-order valence-electron chi connectivity index (χ3n) is 3.36. The first-order chi connectivity index (χ1) is 9.95. The van der Waals surface area contributed by atoms with Crippen molar-refractivity contribution in [1.29, 1.82) is 0 Å². The minimum atomic E-state index is -3.64. The molecule has 0 bridgehead atoms. The number of nitrogen functional groups attached to an aromatic ring is 1. The van der Waals surface area contributed by atoms with Gasteiger partial charge in [0.15, 0.2) is 0 Å². The molecule has 1 aliphatic heterocycles. The van der Waals surface area contributed by atoms with Crippen molar-refractivity contribution in [2.24, 2.45) is 0 Å². The van der Waals surface area contributed by atoms with Crippen LogP contribution < -0.4 is 5.73 Å². The molecular formula is C13H20BrN3O3S. The predicted octanol–water partition coefficient (Wildman–Crippen LogP) is 2.01. The van der Waals surface area contributed by atoms with Crippen LogP contribution in [0.3, 0.4) is 0 Å². The van der Waals surface area contributed by atoms with Gasteiger partial charge in [-0.2, -0.15) is 4.31 Å². The van der Waals surface area contributed by atoms with E-state index in [1.54, 1.807) is 0 Å². The Kier molecular flexibility index (Phi) is 5.59. The SMILES string of the molecule is CCCOC1CCCN(S(=O)(=O)c2cc(Br)cnc2N)C1. The molecule has 0 spiro atoms. The van der Waals surface area contributed by atoms with Crippen molar-refractivity contribution in [3.63, 3.8) is 0 Å². The van der Waals surface area contributed by atoms with E-state index in [1.165, 1.54) is 16.6 Å². The third-order valence-corrected chi connectivity index (χ3v) is 5.69. The first-order valence-electron chi connectivity index (χ1n) is 6.98. The molecule has 2 N–H and O–H groups in total. The molecule has 21 heavy (non-hydrogen) atoms. The van der Waals surface area contributed by atoms with Crippen molar-refractivity contribution in [1.82, 2.24) is 9.29 Å². The minimum absolute atomic E-state index is 0.0230. The zero-order valence-corrected chi connectivity index (χ0v) is 14.4. The van der Waals surface area contributed by atoms with Crippen molar-refractivity contribution in [3.8, 4) is 0 Å². The van der Waals surface area contributed by atoms with E-state index in [0.717, 1.165) is 19.3 Å². The highest BCUT2D eigenvalue weighted by Gasteiger charge is 2.32. The second kappa shape index (κ2) is 7.04. The number of halogens is 1. The molecule has 0 radical (unpaired) electrons. The number of piperidine rings is 1. The summed E-state index contributed by atoms with van der Waals surface area (Å²) in [6.45, 7) is 3.54. The largest absolute Gasteiger partial charge is 0.383 e. The second-order valence-electron chi connectivity index (χ2n) is 5.03. The molecule has 0 aliphatic carbocycles. The maximum Gasteiger partial charge on any atom is 0.246 e. The van der Waals surface area contributed by atoms with E-state index in [9.17, 15) is 8.42 Å². The predicted molar refractivity (Wildman–Crippen MR) is 84.4 cm³/mol. The van der Waals surface area contributed by atoms with E-state index in [4.69, 9.17) is 10.5 Å². The number of hydrogen-bond acceptors (Lipinski definition) is 5. The smallest absolute Gasteiger partial charge is 0.246 e. The monoisotopic (exact) mass is 377 g/mol. The molecule has 1 saturated heterocycles. The highest BCUT2D eigenvalue weighted by Crippen LogP contribution is 2.27. The van der Waals surface area contributed by atoms with Crippen LogP contribution in [-0.2, 0) is 14.8 Å². The summed E-state index contributed by atoms with van der Waals surface area (Å²) in [6.07, 6.45) is 4.03. The Morgan fingerprint density at radius 2 is 2.33 bits per heavy atom. The molecule has 118 valence electrons. The van der Waals surface area contributed by atoms with Crippen molar-refractivity contribution in [2.75, 3.05) is 25.4 Å². The van der Waals surface area contributed by atoms with E-state index < -0.39 is 10.0 Å². The minimum Gasteiger partial charge on any atom is -0.383 e. The van der Waals surface area contributed by atoms with Gasteiger partial charge in [0.25, 0.3) is 0 Å². The van der Waals surface area contributed by atoms with Crippen LogP contribution in [0, 0.1) is 0 Å². The highest BCUT2D eigenvalue weighted by atomic mass is 79.9. The Morgan fingerprint density at radius 3 is 3.05 bits per heavy atom. The zero-order valence-electron chi connectivity index (χ0n) is 12.0. The van der Waals surface area contributed by atoms with E-state index in [0.29, 0.717) is 24.2 Å². The number of aromatic nitrogens is 1. The Bertz CT molecular complexity index is 594. The van der Waals surface area contributed by atoms with Gasteiger partial charge in [-0.25, -0.2) is 13.4 Å². The topological polar surface area (TPSA) is 85.5 Å². The molecule has 6 nitrogen and oxygen atoms in total. The van der Waals surface area contributed by atoms with Gasteiger partial charge in [-0.1, -0.05) is 6.92 Å². The van der Waals surface area contributed by atoms with Crippen LogP contribution in [0.2, 0.25) is 0 Å². The van der Waals surface area contributed by atoms with Gasteiger partial charge in [-0.05, 0) is 41.3 Å². The molecule has 2 rings (SSSR count). The molecule has 1 aliphatic rings. The summed E-state index contributed by atoms with van der Waals surface area (Å²) in [7, 11) is -3.64. The van der Waals surface area contributed by atoms with Gasteiger partial charge in [0, 0.05) is 30.4 Å². The van der Waals surface area contributed by atoms with Crippen LogP contribution in [-0.4, -0.2) is 43.5 Å². The number of rotatable bonds is 5.